The summed E-state index contributed by atoms with van der Waals surface area (Å²) < 4.78 is 21.3. The lowest BCUT2D eigenvalue weighted by Gasteiger charge is -2.16. The summed E-state index contributed by atoms with van der Waals surface area (Å²) in [7, 11) is 0. The molecule has 3 aromatic heterocycles. The summed E-state index contributed by atoms with van der Waals surface area (Å²) in [5.74, 6) is 0.0741. The van der Waals surface area contributed by atoms with Crippen LogP contribution in [0.3, 0.4) is 0 Å². The van der Waals surface area contributed by atoms with E-state index in [-0.39, 0.29) is 5.82 Å². The van der Waals surface area contributed by atoms with Gasteiger partial charge in [0.05, 0.1) is 18.2 Å². The van der Waals surface area contributed by atoms with Crippen LogP contribution >= 0.6 is 0 Å². The van der Waals surface area contributed by atoms with Crippen molar-refractivity contribution in [1.29, 1.82) is 0 Å². The van der Waals surface area contributed by atoms with Gasteiger partial charge in [0.1, 0.15) is 30.5 Å². The number of aromatic nitrogens is 5. The summed E-state index contributed by atoms with van der Waals surface area (Å²) in [6.07, 6.45) is 4.95. The van der Waals surface area contributed by atoms with Crippen molar-refractivity contribution < 1.29 is 19.3 Å². The summed E-state index contributed by atoms with van der Waals surface area (Å²) in [4.78, 5) is 16.9. The van der Waals surface area contributed by atoms with E-state index in [2.05, 4.69) is 25.3 Å². The Morgan fingerprint density at radius 3 is 2.75 bits per heavy atom. The molecular formula is C22H19FN6O3. The normalized spacial score (nSPS) is 23.2. The molecule has 4 atom stereocenters. The fraction of sp³-hybridized carbons (Fsp3) is 0.182. The van der Waals surface area contributed by atoms with Gasteiger partial charge in [-0.1, -0.05) is 30.4 Å². The van der Waals surface area contributed by atoms with Gasteiger partial charge in [-0.05, 0) is 18.2 Å². The molecule has 0 unspecified atom stereocenters. The first-order chi connectivity index (χ1) is 15.6. The van der Waals surface area contributed by atoms with Gasteiger partial charge < -0.3 is 20.3 Å². The zero-order chi connectivity index (χ0) is 22.1. The topological polar surface area (TPSA) is 118 Å². The van der Waals surface area contributed by atoms with Gasteiger partial charge in [0.25, 0.3) is 0 Å². The maximum atomic E-state index is 13.9. The molecule has 0 radical (unpaired) electrons. The average Bonchev–Trinajstić information content (AvgIpc) is 3.36. The Bertz CT molecular complexity index is 1270. The second-order valence-electron chi connectivity index (χ2n) is 7.27. The van der Waals surface area contributed by atoms with Gasteiger partial charge in [-0.25, -0.2) is 19.3 Å². The van der Waals surface area contributed by atoms with Crippen LogP contribution in [0.1, 0.15) is 11.8 Å². The summed E-state index contributed by atoms with van der Waals surface area (Å²) in [6, 6.07) is 9.89. The molecular weight excluding hydrogens is 415 g/mol. The van der Waals surface area contributed by atoms with E-state index in [1.807, 2.05) is 6.07 Å². The summed E-state index contributed by atoms with van der Waals surface area (Å²) in [5, 5.41) is 24.2. The van der Waals surface area contributed by atoms with Crippen LogP contribution < -0.4 is 5.32 Å². The molecule has 1 aliphatic heterocycles. The molecule has 0 spiro atoms. The van der Waals surface area contributed by atoms with Gasteiger partial charge in [-0.2, -0.15) is 0 Å². The molecule has 4 aromatic rings. The van der Waals surface area contributed by atoms with Crippen LogP contribution in [0.15, 0.2) is 67.5 Å². The average molecular weight is 434 g/mol. The number of aliphatic hydroxyl groups is 2. The van der Waals surface area contributed by atoms with Gasteiger partial charge in [-0.15, -0.1) is 0 Å². The van der Waals surface area contributed by atoms with E-state index in [0.717, 1.165) is 5.69 Å². The van der Waals surface area contributed by atoms with Crippen LogP contribution in [-0.4, -0.2) is 53.0 Å². The van der Waals surface area contributed by atoms with E-state index < -0.39 is 24.5 Å². The van der Waals surface area contributed by atoms with Gasteiger partial charge in [0.2, 0.25) is 0 Å². The first-order valence-electron chi connectivity index (χ1n) is 9.91. The molecule has 162 valence electrons. The number of nitrogens with zero attached hydrogens (tertiary/aromatic N) is 5. The molecule has 9 nitrogen and oxygen atoms in total. The highest BCUT2D eigenvalue weighted by molar-refractivity contribution is 5.85. The van der Waals surface area contributed by atoms with Crippen molar-refractivity contribution in [3.8, 4) is 0 Å². The first kappa shape index (κ1) is 20.2. The number of pyridine rings is 1. The molecule has 0 bridgehead atoms. The second kappa shape index (κ2) is 8.42. The lowest BCUT2D eigenvalue weighted by molar-refractivity contribution is -0.0243. The fourth-order valence-electron chi connectivity index (χ4n) is 3.59. The van der Waals surface area contributed by atoms with Crippen molar-refractivity contribution in [3.63, 3.8) is 0 Å². The molecule has 32 heavy (non-hydrogen) atoms. The zero-order valence-electron chi connectivity index (χ0n) is 16.7. The monoisotopic (exact) mass is 434 g/mol. The summed E-state index contributed by atoms with van der Waals surface area (Å²) in [5.41, 5.74) is 1.97. The van der Waals surface area contributed by atoms with Gasteiger partial charge in [-0.3, -0.25) is 9.55 Å². The summed E-state index contributed by atoms with van der Waals surface area (Å²) >= 11 is 0. The number of ether oxygens (including phenoxy) is 1. The molecule has 0 amide bonds. The highest BCUT2D eigenvalue weighted by atomic mass is 19.1. The Morgan fingerprint density at radius 2 is 1.94 bits per heavy atom. The number of hydrogen-bond donors (Lipinski definition) is 3. The Morgan fingerprint density at radius 1 is 1.06 bits per heavy atom. The molecule has 10 heteroatoms. The van der Waals surface area contributed by atoms with Gasteiger partial charge >= 0.3 is 0 Å². The minimum absolute atomic E-state index is 0.355. The Balaban J connectivity index is 1.41. The van der Waals surface area contributed by atoms with E-state index in [1.165, 1.54) is 35.4 Å². The van der Waals surface area contributed by atoms with E-state index in [1.54, 1.807) is 36.7 Å². The number of rotatable bonds is 5. The standard InChI is InChI=1S/C22H19FN6O3/c23-15-6-2-1-4-13(15)7-8-16-18(30)19(31)22(32-16)29-12-27-17-20(25-11-26-21(17)29)28-14-5-3-9-24-10-14/h1-12,16,18-19,22,30-31H,(H,25,26,28)/t16-,18-,19-,22-/m1/s1. The van der Waals surface area contributed by atoms with E-state index in [4.69, 9.17) is 4.74 Å². The minimum atomic E-state index is -1.24. The van der Waals surface area contributed by atoms with Crippen molar-refractivity contribution in [2.24, 2.45) is 0 Å². The molecule has 0 aliphatic carbocycles. The number of aliphatic hydroxyl groups excluding tert-OH is 2. The predicted molar refractivity (Wildman–Crippen MR) is 114 cm³/mol. The van der Waals surface area contributed by atoms with E-state index >= 15 is 0 Å². The van der Waals surface area contributed by atoms with Crippen LogP contribution in [0.25, 0.3) is 17.2 Å². The number of imidazole rings is 1. The van der Waals surface area contributed by atoms with Crippen molar-refractivity contribution in [1.82, 2.24) is 24.5 Å². The maximum Gasteiger partial charge on any atom is 0.167 e. The lowest BCUT2D eigenvalue weighted by atomic mass is 10.1. The van der Waals surface area contributed by atoms with Crippen LogP contribution in [-0.2, 0) is 4.74 Å². The Labute approximate surface area is 181 Å². The lowest BCUT2D eigenvalue weighted by Crippen LogP contribution is -2.30. The third kappa shape index (κ3) is 3.71. The maximum absolute atomic E-state index is 13.9. The summed E-state index contributed by atoms with van der Waals surface area (Å²) in [6.45, 7) is 0. The third-order valence-electron chi connectivity index (χ3n) is 5.20. The first-order valence-corrected chi connectivity index (χ1v) is 9.91. The van der Waals surface area contributed by atoms with Gasteiger partial charge in [0.15, 0.2) is 23.2 Å². The third-order valence-corrected chi connectivity index (χ3v) is 5.20. The second-order valence-corrected chi connectivity index (χ2v) is 7.27. The molecule has 0 saturated carbocycles. The van der Waals surface area contributed by atoms with Gasteiger partial charge in [0, 0.05) is 11.8 Å². The molecule has 3 N–H and O–H groups in total. The minimum Gasteiger partial charge on any atom is -0.387 e. The van der Waals surface area contributed by atoms with Crippen LogP contribution in [0.2, 0.25) is 0 Å². The van der Waals surface area contributed by atoms with Crippen molar-refractivity contribution in [2.45, 2.75) is 24.5 Å². The van der Waals surface area contributed by atoms with E-state index in [9.17, 15) is 14.6 Å². The Hall–Kier alpha value is -3.73. The number of anilines is 2. The smallest absolute Gasteiger partial charge is 0.167 e. The van der Waals surface area contributed by atoms with Crippen LogP contribution in [0, 0.1) is 5.82 Å². The van der Waals surface area contributed by atoms with Crippen LogP contribution in [0.5, 0.6) is 0 Å². The number of benzene rings is 1. The van der Waals surface area contributed by atoms with Crippen molar-refractivity contribution >= 4 is 28.7 Å². The highest BCUT2D eigenvalue weighted by Crippen LogP contribution is 2.33. The molecule has 1 aliphatic rings. The van der Waals surface area contributed by atoms with E-state index in [0.29, 0.717) is 22.5 Å². The SMILES string of the molecule is O[C@@H]1[C@H](O)[C@@H](C=Cc2ccccc2F)O[C@H]1n1cnc2c(Nc3cccnc3)ncnc21. The highest BCUT2D eigenvalue weighted by Gasteiger charge is 2.43. The largest absolute Gasteiger partial charge is 0.387 e. The fourth-order valence-corrected chi connectivity index (χ4v) is 3.59. The molecule has 4 heterocycles. The Kier molecular flexibility index (Phi) is 5.31. The molecule has 1 aromatic carbocycles. The predicted octanol–water partition coefficient (Wildman–Crippen LogP) is 2.44. The number of nitrogens with one attached hydrogen (secondary N) is 1. The number of halogens is 1. The van der Waals surface area contributed by atoms with Crippen LogP contribution in [0.4, 0.5) is 15.9 Å². The van der Waals surface area contributed by atoms with Crippen molar-refractivity contribution in [3.05, 3.63) is 78.9 Å². The van der Waals surface area contributed by atoms with Crippen molar-refractivity contribution in [2.75, 3.05) is 5.32 Å². The number of hydrogen-bond acceptors (Lipinski definition) is 8. The number of fused-ring (bicyclic) bond motifs is 1. The molecule has 5 rings (SSSR count). The quantitative estimate of drug-likeness (QED) is 0.438. The zero-order valence-corrected chi connectivity index (χ0v) is 16.7. The molecule has 1 saturated heterocycles. The molecule has 1 fully saturated rings.